The van der Waals surface area contributed by atoms with E-state index < -0.39 is 20.7 Å². The molecule has 2 aromatic rings. The predicted molar refractivity (Wildman–Crippen MR) is 66.3 cm³/mol. The lowest BCUT2D eigenvalue weighted by atomic mass is 10.3. The van der Waals surface area contributed by atoms with Crippen LogP contribution in [0.5, 0.6) is 0 Å². The number of halogens is 1. The van der Waals surface area contributed by atoms with Gasteiger partial charge in [-0.2, -0.15) is 0 Å². The van der Waals surface area contributed by atoms with Crippen LogP contribution in [0, 0.1) is 12.7 Å². The molecule has 1 aromatic carbocycles. The van der Waals surface area contributed by atoms with E-state index in [0.717, 1.165) is 23.5 Å². The van der Waals surface area contributed by atoms with Gasteiger partial charge in [-0.25, -0.2) is 12.8 Å². The second-order valence-electron chi connectivity index (χ2n) is 3.42. The van der Waals surface area contributed by atoms with Gasteiger partial charge in [0.2, 0.25) is 5.13 Å². The number of sulfonamides is 1. The Hall–Kier alpha value is -1.74. The summed E-state index contributed by atoms with van der Waals surface area (Å²) >= 11 is 1.06. The van der Waals surface area contributed by atoms with E-state index in [-0.39, 0.29) is 10.8 Å². The van der Waals surface area contributed by atoms with Gasteiger partial charge >= 0.3 is 0 Å². The third kappa shape index (κ3) is 2.57. The van der Waals surface area contributed by atoms with Crippen LogP contribution < -0.4 is 10.5 Å². The lowest BCUT2D eigenvalue weighted by molar-refractivity contribution is 0.571. The zero-order chi connectivity index (χ0) is 13.3. The Balaban J connectivity index is 2.36. The van der Waals surface area contributed by atoms with Crippen molar-refractivity contribution in [3.05, 3.63) is 29.0 Å². The quantitative estimate of drug-likeness (QED) is 0.831. The predicted octanol–water partition coefficient (Wildman–Crippen LogP) is 1.37. The van der Waals surface area contributed by atoms with Gasteiger partial charge in [-0.05, 0) is 25.1 Å². The zero-order valence-electron chi connectivity index (χ0n) is 9.21. The van der Waals surface area contributed by atoms with Crippen LogP contribution in [0.15, 0.2) is 23.1 Å². The maximum atomic E-state index is 13.5. The van der Waals surface area contributed by atoms with Gasteiger partial charge < -0.3 is 5.73 Å². The summed E-state index contributed by atoms with van der Waals surface area (Å²) in [6.07, 6.45) is 0. The number of hydrogen-bond acceptors (Lipinski definition) is 6. The molecular weight excluding hydrogens is 279 g/mol. The van der Waals surface area contributed by atoms with Crippen molar-refractivity contribution in [3.63, 3.8) is 0 Å². The highest BCUT2D eigenvalue weighted by Gasteiger charge is 2.20. The summed E-state index contributed by atoms with van der Waals surface area (Å²) < 4.78 is 39.5. The Labute approximate surface area is 107 Å². The van der Waals surface area contributed by atoms with E-state index in [9.17, 15) is 12.8 Å². The van der Waals surface area contributed by atoms with Crippen molar-refractivity contribution in [2.24, 2.45) is 0 Å². The fraction of sp³-hybridized carbons (Fsp3) is 0.111. The van der Waals surface area contributed by atoms with Crippen molar-refractivity contribution < 1.29 is 12.8 Å². The Morgan fingerprint density at radius 2 is 2.11 bits per heavy atom. The molecule has 96 valence electrons. The minimum absolute atomic E-state index is 0.0868. The number of benzene rings is 1. The number of rotatable bonds is 3. The largest absolute Gasteiger partial charge is 0.399 e. The molecule has 0 unspecified atom stereocenters. The summed E-state index contributed by atoms with van der Waals surface area (Å²) in [5.74, 6) is -0.913. The van der Waals surface area contributed by atoms with Gasteiger partial charge in [-0.15, -0.1) is 10.2 Å². The van der Waals surface area contributed by atoms with Crippen LogP contribution in [-0.4, -0.2) is 18.6 Å². The molecule has 0 radical (unpaired) electrons. The Kier molecular flexibility index (Phi) is 3.18. The average Bonchev–Trinajstić information content (AvgIpc) is 2.62. The van der Waals surface area contributed by atoms with Crippen molar-refractivity contribution in [2.45, 2.75) is 11.8 Å². The smallest absolute Gasteiger partial charge is 0.266 e. The molecule has 9 heteroatoms. The number of aryl methyl sites for hydroxylation is 1. The molecule has 0 amide bonds. The lowest BCUT2D eigenvalue weighted by Gasteiger charge is -2.06. The second-order valence-corrected chi connectivity index (χ2v) is 6.25. The van der Waals surface area contributed by atoms with Crippen LogP contribution in [0.4, 0.5) is 15.2 Å². The van der Waals surface area contributed by atoms with Crippen LogP contribution in [-0.2, 0) is 10.0 Å². The highest BCUT2D eigenvalue weighted by molar-refractivity contribution is 7.93. The third-order valence-electron chi connectivity index (χ3n) is 1.99. The topological polar surface area (TPSA) is 98.0 Å². The first-order valence-corrected chi connectivity index (χ1v) is 7.06. The molecule has 2 rings (SSSR count). The van der Waals surface area contributed by atoms with Gasteiger partial charge in [-0.1, -0.05) is 11.3 Å². The molecule has 0 atom stereocenters. The van der Waals surface area contributed by atoms with Crippen molar-refractivity contribution in [2.75, 3.05) is 10.5 Å². The molecule has 1 heterocycles. The van der Waals surface area contributed by atoms with Gasteiger partial charge in [0.15, 0.2) is 0 Å². The van der Waals surface area contributed by atoms with E-state index >= 15 is 0 Å². The summed E-state index contributed by atoms with van der Waals surface area (Å²) in [5, 5.41) is 7.95. The molecule has 3 N–H and O–H groups in total. The highest BCUT2D eigenvalue weighted by Crippen LogP contribution is 2.22. The maximum Gasteiger partial charge on any atom is 0.266 e. The summed E-state index contributed by atoms with van der Waals surface area (Å²) in [6, 6.07) is 3.35. The van der Waals surface area contributed by atoms with E-state index in [4.69, 9.17) is 5.73 Å². The Morgan fingerprint density at radius 1 is 1.39 bits per heavy atom. The third-order valence-corrected chi connectivity index (χ3v) is 4.25. The van der Waals surface area contributed by atoms with Crippen molar-refractivity contribution in [1.82, 2.24) is 10.2 Å². The van der Waals surface area contributed by atoms with Crippen molar-refractivity contribution in [1.29, 1.82) is 0 Å². The van der Waals surface area contributed by atoms with Crippen LogP contribution in [0.2, 0.25) is 0 Å². The first-order chi connectivity index (χ1) is 8.38. The SMILES string of the molecule is Cc1nnc(NS(=O)(=O)c2ccc(N)cc2F)s1. The second kappa shape index (κ2) is 4.50. The summed E-state index contributed by atoms with van der Waals surface area (Å²) in [7, 11) is -4.02. The standard InChI is InChI=1S/C9H9FN4O2S2/c1-5-12-13-9(17-5)14-18(15,16)8-3-2-6(11)4-7(8)10/h2-4H,11H2,1H3,(H,13,14). The van der Waals surface area contributed by atoms with Crippen molar-refractivity contribution >= 4 is 32.2 Å². The molecule has 0 aliphatic rings. The van der Waals surface area contributed by atoms with Crippen LogP contribution in [0.25, 0.3) is 0 Å². The Morgan fingerprint density at radius 3 is 2.67 bits per heavy atom. The highest BCUT2D eigenvalue weighted by atomic mass is 32.2. The molecule has 0 fully saturated rings. The number of nitrogens with one attached hydrogen (secondary N) is 1. The molecular formula is C9H9FN4O2S2. The molecule has 0 bridgehead atoms. The minimum atomic E-state index is -4.02. The molecule has 0 aliphatic heterocycles. The number of hydrogen-bond donors (Lipinski definition) is 2. The Bertz CT molecular complexity index is 684. The van der Waals surface area contributed by atoms with Gasteiger partial charge in [0.05, 0.1) is 0 Å². The van der Waals surface area contributed by atoms with E-state index in [1.165, 1.54) is 6.07 Å². The number of aromatic nitrogens is 2. The minimum Gasteiger partial charge on any atom is -0.399 e. The molecule has 0 saturated carbocycles. The van der Waals surface area contributed by atoms with Gasteiger partial charge in [0.1, 0.15) is 15.7 Å². The van der Waals surface area contributed by atoms with Gasteiger partial charge in [0, 0.05) is 5.69 Å². The summed E-state index contributed by atoms with van der Waals surface area (Å²) in [4.78, 5) is -0.482. The van der Waals surface area contributed by atoms with Gasteiger partial charge in [0.25, 0.3) is 10.0 Å². The first kappa shape index (κ1) is 12.7. The zero-order valence-corrected chi connectivity index (χ0v) is 10.8. The number of nitrogen functional groups attached to an aromatic ring is 1. The van der Waals surface area contributed by atoms with E-state index in [1.54, 1.807) is 6.92 Å². The number of nitrogens with two attached hydrogens (primary N) is 1. The van der Waals surface area contributed by atoms with E-state index in [0.29, 0.717) is 5.01 Å². The monoisotopic (exact) mass is 288 g/mol. The molecule has 0 aliphatic carbocycles. The van der Waals surface area contributed by atoms with Crippen LogP contribution in [0.3, 0.4) is 0 Å². The van der Waals surface area contributed by atoms with E-state index in [2.05, 4.69) is 14.9 Å². The molecule has 0 saturated heterocycles. The fourth-order valence-electron chi connectivity index (χ4n) is 1.24. The van der Waals surface area contributed by atoms with Crippen LogP contribution >= 0.6 is 11.3 Å². The van der Waals surface area contributed by atoms with Crippen molar-refractivity contribution in [3.8, 4) is 0 Å². The first-order valence-electron chi connectivity index (χ1n) is 4.76. The fourth-order valence-corrected chi connectivity index (χ4v) is 3.13. The van der Waals surface area contributed by atoms with Gasteiger partial charge in [-0.3, -0.25) is 4.72 Å². The summed E-state index contributed by atoms with van der Waals surface area (Å²) in [5.41, 5.74) is 5.50. The van der Waals surface area contributed by atoms with Crippen LogP contribution in [0.1, 0.15) is 5.01 Å². The summed E-state index contributed by atoms with van der Waals surface area (Å²) in [6.45, 7) is 1.68. The normalized spacial score (nSPS) is 11.4. The van der Waals surface area contributed by atoms with E-state index in [1.807, 2.05) is 0 Å². The molecule has 6 nitrogen and oxygen atoms in total. The average molecular weight is 288 g/mol. The number of anilines is 2. The maximum absolute atomic E-state index is 13.5. The number of nitrogens with zero attached hydrogens (tertiary/aromatic N) is 2. The molecule has 0 spiro atoms. The molecule has 18 heavy (non-hydrogen) atoms. The molecule has 1 aromatic heterocycles. The lowest BCUT2D eigenvalue weighted by Crippen LogP contribution is -2.14.